The molecule has 1 aromatic heterocycles. The fraction of sp³-hybridized carbons (Fsp3) is 0.375. The average Bonchev–Trinajstić information content (AvgIpc) is 3.10. The van der Waals surface area contributed by atoms with Crippen LogP contribution in [0.5, 0.6) is 11.5 Å². The Bertz CT molecular complexity index is 866. The molecule has 2 aliphatic heterocycles. The Kier molecular flexibility index (Phi) is 3.26. The summed E-state index contributed by atoms with van der Waals surface area (Å²) in [6.07, 6.45) is 0. The Balaban J connectivity index is 1.86. The lowest BCUT2D eigenvalue weighted by Crippen LogP contribution is -2.13. The molecule has 6 nitrogen and oxygen atoms in total. The molecule has 0 saturated carbocycles. The molecule has 0 unspecified atom stereocenters. The minimum absolute atomic E-state index is 0.0832. The van der Waals surface area contributed by atoms with Gasteiger partial charge in [0.15, 0.2) is 17.3 Å². The van der Waals surface area contributed by atoms with Crippen molar-refractivity contribution in [2.45, 2.75) is 32.1 Å². The van der Waals surface area contributed by atoms with E-state index in [1.807, 2.05) is 43.7 Å². The lowest BCUT2D eigenvalue weighted by Gasteiger charge is -2.21. The predicted molar refractivity (Wildman–Crippen MR) is 90.2 cm³/mol. The van der Waals surface area contributed by atoms with Gasteiger partial charge in [0.1, 0.15) is 0 Å². The van der Waals surface area contributed by atoms with Gasteiger partial charge < -0.3 is 9.47 Å². The summed E-state index contributed by atoms with van der Waals surface area (Å²) >= 11 is 1.59. The molecule has 2 aromatic rings. The number of aromatic nitrogens is 2. The average molecular weight is 331 g/mol. The molecule has 0 fully saturated rings. The Morgan fingerprint density at radius 3 is 2.91 bits per heavy atom. The van der Waals surface area contributed by atoms with E-state index in [-0.39, 0.29) is 23.6 Å². The van der Waals surface area contributed by atoms with Crippen LogP contribution in [0.2, 0.25) is 0 Å². The summed E-state index contributed by atoms with van der Waals surface area (Å²) in [5.74, 6) is 2.20. The van der Waals surface area contributed by atoms with Gasteiger partial charge in [0.05, 0.1) is 15.9 Å². The first kappa shape index (κ1) is 14.4. The van der Waals surface area contributed by atoms with E-state index in [0.29, 0.717) is 5.56 Å². The molecule has 0 amide bonds. The second-order valence-electron chi connectivity index (χ2n) is 5.88. The van der Waals surface area contributed by atoms with E-state index in [0.717, 1.165) is 27.9 Å². The van der Waals surface area contributed by atoms with Crippen molar-refractivity contribution in [2.75, 3.05) is 6.79 Å². The van der Waals surface area contributed by atoms with Crippen molar-refractivity contribution < 1.29 is 9.47 Å². The lowest BCUT2D eigenvalue weighted by atomic mass is 10.1. The van der Waals surface area contributed by atoms with Gasteiger partial charge in [0.25, 0.3) is 5.56 Å². The van der Waals surface area contributed by atoms with E-state index >= 15 is 0 Å². The van der Waals surface area contributed by atoms with E-state index < -0.39 is 0 Å². The normalized spacial score (nSPS) is 19.0. The summed E-state index contributed by atoms with van der Waals surface area (Å²) in [5.41, 5.74) is 1.63. The first-order chi connectivity index (χ1) is 11.0. The molecule has 0 radical (unpaired) electrons. The number of nitrogens with zero attached hydrogens (tertiary/aromatic N) is 2. The molecule has 7 heteroatoms. The zero-order chi connectivity index (χ0) is 16.1. The Morgan fingerprint density at radius 1 is 1.35 bits per heavy atom. The Hall–Kier alpha value is -2.15. The fourth-order valence-corrected chi connectivity index (χ4v) is 3.99. The van der Waals surface area contributed by atoms with Crippen molar-refractivity contribution in [1.29, 1.82) is 0 Å². The number of aliphatic imine (C=N–C) groups is 1. The van der Waals surface area contributed by atoms with E-state index in [1.165, 1.54) is 0 Å². The summed E-state index contributed by atoms with van der Waals surface area (Å²) in [6, 6.07) is 5.98. The number of thioether (sulfide) groups is 1. The molecule has 2 aliphatic rings. The van der Waals surface area contributed by atoms with Crippen LogP contribution in [0, 0.1) is 0 Å². The number of hydrogen-bond acceptors (Lipinski definition) is 5. The van der Waals surface area contributed by atoms with Crippen molar-refractivity contribution in [2.24, 2.45) is 4.99 Å². The first-order valence-corrected chi connectivity index (χ1v) is 8.38. The van der Waals surface area contributed by atoms with Gasteiger partial charge in [-0.2, -0.15) is 0 Å². The molecule has 23 heavy (non-hydrogen) atoms. The first-order valence-electron chi connectivity index (χ1n) is 7.50. The number of aromatic amines is 1. The number of nitrogens with one attached hydrogen (secondary N) is 1. The minimum Gasteiger partial charge on any atom is -0.454 e. The molecule has 0 spiro atoms. The lowest BCUT2D eigenvalue weighted by molar-refractivity contribution is 0.174. The van der Waals surface area contributed by atoms with Crippen molar-refractivity contribution in [3.05, 3.63) is 39.7 Å². The molecule has 1 aromatic carbocycles. The maximum atomic E-state index is 12.5. The van der Waals surface area contributed by atoms with E-state index in [4.69, 9.17) is 9.47 Å². The van der Waals surface area contributed by atoms with Crippen LogP contribution in [0.4, 0.5) is 5.82 Å². The third-order valence-electron chi connectivity index (χ3n) is 3.97. The highest BCUT2D eigenvalue weighted by molar-refractivity contribution is 8.14. The van der Waals surface area contributed by atoms with Gasteiger partial charge in [0.2, 0.25) is 6.79 Å². The Labute approximate surface area is 137 Å². The maximum absolute atomic E-state index is 12.5. The fourth-order valence-electron chi connectivity index (χ4n) is 2.89. The van der Waals surface area contributed by atoms with Gasteiger partial charge >= 0.3 is 0 Å². The van der Waals surface area contributed by atoms with Crippen LogP contribution >= 0.6 is 11.8 Å². The van der Waals surface area contributed by atoms with E-state index in [9.17, 15) is 4.79 Å². The van der Waals surface area contributed by atoms with Crippen LogP contribution < -0.4 is 15.0 Å². The smallest absolute Gasteiger partial charge is 0.271 e. The summed E-state index contributed by atoms with van der Waals surface area (Å²) < 4.78 is 12.7. The van der Waals surface area contributed by atoms with Crippen molar-refractivity contribution >= 4 is 22.6 Å². The number of ether oxygens (including phenoxy) is 2. The van der Waals surface area contributed by atoms with Crippen molar-refractivity contribution in [3.8, 4) is 11.5 Å². The quantitative estimate of drug-likeness (QED) is 0.916. The van der Waals surface area contributed by atoms with E-state index in [2.05, 4.69) is 10.1 Å². The van der Waals surface area contributed by atoms with Crippen LogP contribution in [0.1, 0.15) is 43.2 Å². The number of benzene rings is 1. The van der Waals surface area contributed by atoms with Crippen LogP contribution in [0.3, 0.4) is 0 Å². The molecular formula is C16H17N3O3S. The summed E-state index contributed by atoms with van der Waals surface area (Å²) in [6.45, 7) is 6.26. The predicted octanol–water partition coefficient (Wildman–Crippen LogP) is 3.37. The summed E-state index contributed by atoms with van der Waals surface area (Å²) in [7, 11) is 0. The highest BCUT2D eigenvalue weighted by atomic mass is 32.2. The SMILES string of the molecule is CC1=Nc2c(c(=O)[nH]n2C(C)C)[C@@H](c2ccc3c(c2)OCO3)S1. The second kappa shape index (κ2) is 5.19. The van der Waals surface area contributed by atoms with Gasteiger partial charge in [-0.1, -0.05) is 17.8 Å². The molecule has 1 N–H and O–H groups in total. The van der Waals surface area contributed by atoms with Gasteiger partial charge in [0, 0.05) is 6.04 Å². The number of fused-ring (bicyclic) bond motifs is 2. The molecule has 4 rings (SSSR count). The van der Waals surface area contributed by atoms with Crippen LogP contribution in [-0.4, -0.2) is 21.6 Å². The molecular weight excluding hydrogens is 314 g/mol. The van der Waals surface area contributed by atoms with Gasteiger partial charge in [-0.3, -0.25) is 14.6 Å². The molecule has 3 heterocycles. The maximum Gasteiger partial charge on any atom is 0.271 e. The van der Waals surface area contributed by atoms with Crippen LogP contribution in [0.15, 0.2) is 28.0 Å². The van der Waals surface area contributed by atoms with Gasteiger partial charge in [-0.25, -0.2) is 4.99 Å². The van der Waals surface area contributed by atoms with Gasteiger partial charge in [-0.15, -0.1) is 0 Å². The third-order valence-corrected chi connectivity index (χ3v) is 5.14. The van der Waals surface area contributed by atoms with Crippen LogP contribution in [0.25, 0.3) is 0 Å². The largest absolute Gasteiger partial charge is 0.454 e. The highest BCUT2D eigenvalue weighted by Gasteiger charge is 2.31. The molecule has 1 atom stereocenters. The number of rotatable bonds is 2. The zero-order valence-corrected chi connectivity index (χ0v) is 13.9. The van der Waals surface area contributed by atoms with Crippen molar-refractivity contribution in [1.82, 2.24) is 9.78 Å². The van der Waals surface area contributed by atoms with Gasteiger partial charge in [-0.05, 0) is 38.5 Å². The zero-order valence-electron chi connectivity index (χ0n) is 13.1. The summed E-state index contributed by atoms with van der Waals surface area (Å²) in [4.78, 5) is 17.1. The molecule has 0 bridgehead atoms. The number of hydrogen-bond donors (Lipinski definition) is 1. The molecule has 0 aliphatic carbocycles. The minimum atomic E-state index is -0.0965. The standard InChI is InChI=1S/C16H17N3O3S/c1-8(2)19-15-13(16(20)18-19)14(23-9(3)17-15)10-4-5-11-12(6-10)22-7-21-11/h4-6,8,14H,7H2,1-3H3,(H,18,20)/t14-/m1/s1. The molecule has 120 valence electrons. The third kappa shape index (κ3) is 2.26. The summed E-state index contributed by atoms with van der Waals surface area (Å²) in [5, 5.41) is 3.75. The van der Waals surface area contributed by atoms with Crippen LogP contribution in [-0.2, 0) is 0 Å². The molecule has 0 saturated heterocycles. The monoisotopic (exact) mass is 331 g/mol. The van der Waals surface area contributed by atoms with Crippen molar-refractivity contribution in [3.63, 3.8) is 0 Å². The highest BCUT2D eigenvalue weighted by Crippen LogP contribution is 2.46. The number of H-pyrrole nitrogens is 1. The second-order valence-corrected chi connectivity index (χ2v) is 7.18. The van der Waals surface area contributed by atoms with E-state index in [1.54, 1.807) is 11.8 Å². The topological polar surface area (TPSA) is 68.6 Å². The Morgan fingerprint density at radius 2 is 2.13 bits per heavy atom.